The summed E-state index contributed by atoms with van der Waals surface area (Å²) in [4.78, 5) is 32.2. The fraction of sp³-hybridized carbons (Fsp3) is 0. The van der Waals surface area contributed by atoms with Crippen LogP contribution in [0.25, 0.3) is 318 Å². The second kappa shape index (κ2) is 29.9. The van der Waals surface area contributed by atoms with Crippen LogP contribution in [-0.2, 0) is 0 Å². The molecule has 12 heterocycles. The van der Waals surface area contributed by atoms with E-state index >= 15 is 0 Å². The van der Waals surface area contributed by atoms with Crippen LogP contribution in [0.3, 0.4) is 0 Å². The number of nitrogens with zero attached hydrogens (tertiary/aromatic N) is 12. The molecule has 35 aromatic rings. The second-order valence-corrected chi connectivity index (χ2v) is 38.9. The molecule has 0 saturated carbocycles. The van der Waals surface area contributed by atoms with Gasteiger partial charge in [0.25, 0.3) is 0 Å². The Morgan fingerprint density at radius 3 is 0.815 bits per heavy atom. The number of fused-ring (bicyclic) bond motifs is 41. The molecule has 146 heavy (non-hydrogen) atoms. The normalized spacial score (nSPS) is 12.4. The van der Waals surface area contributed by atoms with Crippen LogP contribution in [0, 0.1) is 0 Å². The zero-order chi connectivity index (χ0) is 94.9. The van der Waals surface area contributed by atoms with E-state index in [4.69, 9.17) is 29.9 Å². The number of aromatic nitrogens is 12. The van der Waals surface area contributed by atoms with Crippen molar-refractivity contribution in [1.29, 1.82) is 0 Å². The highest BCUT2D eigenvalue weighted by molar-refractivity contribution is 6.42. The second-order valence-electron chi connectivity index (χ2n) is 38.9. The molecule has 0 aliphatic carbocycles. The molecule has 0 N–H and O–H groups in total. The van der Waals surface area contributed by atoms with Crippen LogP contribution in [0.5, 0.6) is 0 Å². The van der Waals surface area contributed by atoms with E-state index in [1.54, 1.807) is 0 Å². The molecule has 0 radical (unpaired) electrons. The SMILES string of the molecule is c1ccc(-c2nc(-n3c4ccccc4c4c5c6ccccc6n6c7ccc8ccccc8c7c(cc43)c56)nc3ccccc23)cc1.c1ccc2c(-c3nc(-n4c5ccccc5c5c6c7ccccc7n7c8ccc9ccccc9c8c(cc54)c67)nc4ccccc34)cccc2c1.c1ccc2cc(-c3nc(-n4c5ccccc5c5c6c7ccccc7n7c8ccc9ccccc9c8c(cc54)c67)nc4ccccc34)ccc2c1. The first-order valence-corrected chi connectivity index (χ1v) is 49.9. The Kier molecular flexibility index (Phi) is 16.2. The lowest BCUT2D eigenvalue weighted by atomic mass is 9.99. The van der Waals surface area contributed by atoms with Gasteiger partial charge in [0.05, 0.1) is 116 Å². The Bertz CT molecular complexity index is 11900. The lowest BCUT2D eigenvalue weighted by molar-refractivity contribution is 1.01. The molecule has 23 aromatic carbocycles. The van der Waals surface area contributed by atoms with E-state index in [2.05, 4.69) is 482 Å². The van der Waals surface area contributed by atoms with Gasteiger partial charge in [-0.3, -0.25) is 13.7 Å². The maximum absolute atomic E-state index is 5.50. The van der Waals surface area contributed by atoms with Crippen LogP contribution in [0.1, 0.15) is 0 Å². The van der Waals surface area contributed by atoms with E-state index in [-0.39, 0.29) is 0 Å². The minimum atomic E-state index is 0.671. The van der Waals surface area contributed by atoms with Gasteiger partial charge < -0.3 is 13.2 Å². The lowest BCUT2D eigenvalue weighted by Crippen LogP contribution is -2.03. The van der Waals surface area contributed by atoms with Crippen LogP contribution < -0.4 is 0 Å². The number of para-hydroxylation sites is 9. The number of benzene rings is 23. The summed E-state index contributed by atoms with van der Waals surface area (Å²) in [6.45, 7) is 0. The molecule has 0 saturated heterocycles. The molecule has 35 rings (SSSR count). The van der Waals surface area contributed by atoms with Gasteiger partial charge in [-0.05, 0) is 151 Å². The molecule has 672 valence electrons. The highest BCUT2D eigenvalue weighted by Crippen LogP contribution is 2.54. The standard InChI is InChI=1S/2C46H26N4.C42H24N4/c1-3-15-29-27(12-1)14-11-20-31(29)44-32-17-5-8-21-36(32)47-46(48-44)50-38-23-10-6-18-33(38)42-40(50)26-35-41-30-16-4-2-13-28(30)24-25-39(41)49-37-22-9-7-19-34(37)43(42)45(35)49;1-2-13-29-25-30(22-21-27(29)11-1)44-32-15-5-8-18-36(32)47-46(48-44)50-38-20-10-6-16-33(38)42-40(50)26-35-41-31-14-4-3-12-28(31)23-24-39(41)49-37-19-9-7-17-34(37)43(42)45(35)49;1-2-13-26(14-3-1)40-28-16-6-9-19-32(28)43-42(44-40)46-34-21-11-7-17-29(34)38-36(46)24-31-37-27-15-5-4-12-25(27)22-23-35(37)45-33-20-10-8-18-30(33)39(38)41(31)45/h2*1-26H;1-24H. The molecular weight excluding hydrogens is 1780 g/mol. The van der Waals surface area contributed by atoms with Crippen molar-refractivity contribution >= 4 is 266 Å². The van der Waals surface area contributed by atoms with Gasteiger partial charge in [-0.25, -0.2) is 29.9 Å². The molecule has 0 fully saturated rings. The highest BCUT2D eigenvalue weighted by atomic mass is 15.2. The average molecular weight is 1850 g/mol. The predicted molar refractivity (Wildman–Crippen MR) is 609 cm³/mol. The van der Waals surface area contributed by atoms with E-state index < -0.39 is 0 Å². The summed E-state index contributed by atoms with van der Waals surface area (Å²) < 4.78 is 14.3. The van der Waals surface area contributed by atoms with Gasteiger partial charge >= 0.3 is 0 Å². The van der Waals surface area contributed by atoms with E-state index in [0.717, 1.165) is 99.6 Å². The summed E-state index contributed by atoms with van der Waals surface area (Å²) in [5, 5.41) is 37.9. The minimum Gasteiger partial charge on any atom is -0.308 e. The zero-order valence-electron chi connectivity index (χ0n) is 78.2. The third kappa shape index (κ3) is 10.9. The molecule has 0 aliphatic heterocycles. The predicted octanol–water partition coefficient (Wildman–Crippen LogP) is 34.4. The summed E-state index contributed by atoms with van der Waals surface area (Å²) >= 11 is 0. The number of hydrogen-bond donors (Lipinski definition) is 0. The molecule has 0 amide bonds. The van der Waals surface area contributed by atoms with Gasteiger partial charge in [0.15, 0.2) is 0 Å². The molecule has 0 unspecified atom stereocenters. The van der Waals surface area contributed by atoms with Crippen molar-refractivity contribution in [3.05, 3.63) is 461 Å². The van der Waals surface area contributed by atoms with E-state index in [0.29, 0.717) is 17.8 Å². The highest BCUT2D eigenvalue weighted by Gasteiger charge is 2.32. The van der Waals surface area contributed by atoms with Gasteiger partial charge in [0, 0.05) is 130 Å². The van der Waals surface area contributed by atoms with E-state index in [9.17, 15) is 0 Å². The topological polar surface area (TPSA) is 105 Å². The molecule has 12 aromatic heterocycles. The zero-order valence-corrected chi connectivity index (χ0v) is 78.2. The van der Waals surface area contributed by atoms with Crippen molar-refractivity contribution in [2.45, 2.75) is 0 Å². The third-order valence-electron chi connectivity index (χ3n) is 31.5. The summed E-state index contributed by atoms with van der Waals surface area (Å²) in [7, 11) is 0. The largest absolute Gasteiger partial charge is 0.308 e. The van der Waals surface area contributed by atoms with Gasteiger partial charge in [0.1, 0.15) is 0 Å². The first kappa shape index (κ1) is 79.0. The van der Waals surface area contributed by atoms with Crippen LogP contribution in [0.4, 0.5) is 0 Å². The van der Waals surface area contributed by atoms with Crippen LogP contribution in [-0.4, -0.2) is 56.8 Å². The van der Waals surface area contributed by atoms with Crippen molar-refractivity contribution in [3.8, 4) is 51.6 Å². The minimum absolute atomic E-state index is 0.671. The Labute approximate surface area is 829 Å². The van der Waals surface area contributed by atoms with Crippen molar-refractivity contribution in [2.24, 2.45) is 0 Å². The van der Waals surface area contributed by atoms with Gasteiger partial charge in [-0.1, -0.05) is 364 Å². The van der Waals surface area contributed by atoms with Crippen molar-refractivity contribution in [2.75, 3.05) is 0 Å². The van der Waals surface area contributed by atoms with Gasteiger partial charge in [-0.15, -0.1) is 0 Å². The third-order valence-corrected chi connectivity index (χ3v) is 31.5. The van der Waals surface area contributed by atoms with Crippen LogP contribution in [0.2, 0.25) is 0 Å². The molecule has 12 nitrogen and oxygen atoms in total. The summed E-state index contributed by atoms with van der Waals surface area (Å²) in [5.41, 5.74) is 26.6. The smallest absolute Gasteiger partial charge is 0.235 e. The fourth-order valence-electron chi connectivity index (χ4n) is 25.5. The molecule has 0 atom stereocenters. The number of hydrogen-bond acceptors (Lipinski definition) is 6. The van der Waals surface area contributed by atoms with Crippen molar-refractivity contribution in [1.82, 2.24) is 56.8 Å². The van der Waals surface area contributed by atoms with Crippen molar-refractivity contribution in [3.63, 3.8) is 0 Å². The summed E-state index contributed by atoms with van der Waals surface area (Å²) in [6.07, 6.45) is 0. The molecule has 12 heteroatoms. The first-order chi connectivity index (χ1) is 72.5. The maximum Gasteiger partial charge on any atom is 0.235 e. The summed E-state index contributed by atoms with van der Waals surface area (Å²) in [6, 6.07) is 166. The number of rotatable bonds is 6. The monoisotopic (exact) mass is 1850 g/mol. The fourth-order valence-corrected chi connectivity index (χ4v) is 25.5. The molecule has 0 spiro atoms. The molecular formula is C134H76N12. The Morgan fingerprint density at radius 1 is 0.137 bits per heavy atom. The van der Waals surface area contributed by atoms with E-state index in [1.165, 1.54) is 200 Å². The Morgan fingerprint density at radius 2 is 0.418 bits per heavy atom. The van der Waals surface area contributed by atoms with Gasteiger partial charge in [0.2, 0.25) is 17.8 Å². The Balaban J connectivity index is 0.0000000958. The quantitative estimate of drug-likeness (QED) is 0.164. The van der Waals surface area contributed by atoms with Gasteiger partial charge in [-0.2, -0.15) is 0 Å². The summed E-state index contributed by atoms with van der Waals surface area (Å²) in [5.74, 6) is 2.02. The van der Waals surface area contributed by atoms with Crippen LogP contribution >= 0.6 is 0 Å². The molecule has 0 bridgehead atoms. The average Bonchev–Trinajstić information content (AvgIpc) is 1.52. The first-order valence-electron chi connectivity index (χ1n) is 49.9. The van der Waals surface area contributed by atoms with Crippen LogP contribution in [0.15, 0.2) is 461 Å². The van der Waals surface area contributed by atoms with E-state index in [1.807, 2.05) is 6.07 Å². The lowest BCUT2D eigenvalue weighted by Gasteiger charge is -2.13. The molecule has 0 aliphatic rings. The maximum atomic E-state index is 5.50. The Hall–Kier alpha value is -19.8. The van der Waals surface area contributed by atoms with Crippen molar-refractivity contribution < 1.29 is 0 Å².